The highest BCUT2D eigenvalue weighted by Gasteiger charge is 2.39. The van der Waals surface area contributed by atoms with E-state index in [1.807, 2.05) is 0 Å². The lowest BCUT2D eigenvalue weighted by Crippen LogP contribution is -2.40. The van der Waals surface area contributed by atoms with E-state index in [9.17, 15) is 9.59 Å². The van der Waals surface area contributed by atoms with Crippen molar-refractivity contribution >= 4 is 12.1 Å². The van der Waals surface area contributed by atoms with Gasteiger partial charge < -0.3 is 20.3 Å². The Bertz CT molecular complexity index is 249. The van der Waals surface area contributed by atoms with Gasteiger partial charge in [0.1, 0.15) is 6.04 Å². The van der Waals surface area contributed by atoms with Crippen LogP contribution in [0.2, 0.25) is 0 Å². The number of rotatable bonds is 5. The summed E-state index contributed by atoms with van der Waals surface area (Å²) >= 11 is 0. The first-order chi connectivity index (χ1) is 7.56. The molecule has 0 unspecified atom stereocenters. The van der Waals surface area contributed by atoms with Gasteiger partial charge in [-0.1, -0.05) is 0 Å². The normalized spacial score (nSPS) is 24.7. The lowest BCUT2D eigenvalue weighted by molar-refractivity contribution is -0.141. The highest BCUT2D eigenvalue weighted by molar-refractivity contribution is 5.80. The van der Waals surface area contributed by atoms with E-state index in [0.717, 1.165) is 4.90 Å². The van der Waals surface area contributed by atoms with E-state index in [4.69, 9.17) is 14.9 Å². The molecule has 0 bridgehead atoms. The SMILES string of the molecule is COCCN[C@H]1C[C@@H](C(=O)O)N(C(=O)O)C1. The Balaban J connectivity index is 2.48. The molecule has 0 radical (unpaired) electrons. The van der Waals surface area contributed by atoms with Crippen molar-refractivity contribution in [1.29, 1.82) is 0 Å². The third-order valence-corrected chi connectivity index (χ3v) is 2.57. The third-order valence-electron chi connectivity index (χ3n) is 2.57. The fourth-order valence-corrected chi connectivity index (χ4v) is 1.79. The number of carboxylic acids is 1. The number of nitrogens with one attached hydrogen (secondary N) is 1. The zero-order valence-electron chi connectivity index (χ0n) is 9.05. The van der Waals surface area contributed by atoms with E-state index in [0.29, 0.717) is 19.6 Å². The van der Waals surface area contributed by atoms with Crippen molar-refractivity contribution in [2.24, 2.45) is 0 Å². The summed E-state index contributed by atoms with van der Waals surface area (Å²) in [6.07, 6.45) is -0.894. The molecule has 1 amide bonds. The quantitative estimate of drug-likeness (QED) is 0.549. The Labute approximate surface area is 93.0 Å². The van der Waals surface area contributed by atoms with Crippen LogP contribution < -0.4 is 5.32 Å². The summed E-state index contributed by atoms with van der Waals surface area (Å²) in [5.74, 6) is -1.10. The predicted molar refractivity (Wildman–Crippen MR) is 54.4 cm³/mol. The lowest BCUT2D eigenvalue weighted by Gasteiger charge is -2.16. The Kier molecular flexibility index (Phi) is 4.51. The van der Waals surface area contributed by atoms with Gasteiger partial charge in [-0.3, -0.25) is 4.90 Å². The van der Waals surface area contributed by atoms with Crippen LogP contribution >= 0.6 is 0 Å². The number of hydrogen-bond acceptors (Lipinski definition) is 4. The molecule has 1 saturated heterocycles. The second-order valence-corrected chi connectivity index (χ2v) is 3.67. The number of aliphatic carboxylic acids is 1. The summed E-state index contributed by atoms with van der Waals surface area (Å²) in [5, 5.41) is 20.8. The fourth-order valence-electron chi connectivity index (χ4n) is 1.79. The molecule has 3 N–H and O–H groups in total. The van der Waals surface area contributed by atoms with Crippen molar-refractivity contribution < 1.29 is 24.5 Å². The van der Waals surface area contributed by atoms with Gasteiger partial charge in [-0.25, -0.2) is 9.59 Å². The molecular formula is C9H16N2O5. The fraction of sp³-hybridized carbons (Fsp3) is 0.778. The smallest absolute Gasteiger partial charge is 0.408 e. The monoisotopic (exact) mass is 232 g/mol. The average Bonchev–Trinajstić information content (AvgIpc) is 2.62. The van der Waals surface area contributed by atoms with Crippen molar-refractivity contribution in [3.63, 3.8) is 0 Å². The van der Waals surface area contributed by atoms with Gasteiger partial charge in [-0.05, 0) is 6.42 Å². The lowest BCUT2D eigenvalue weighted by atomic mass is 10.2. The summed E-state index contributed by atoms with van der Waals surface area (Å²) in [5.41, 5.74) is 0. The molecule has 0 aromatic heterocycles. The topological polar surface area (TPSA) is 99.1 Å². The van der Waals surface area contributed by atoms with Crippen LogP contribution in [0.15, 0.2) is 0 Å². The maximum absolute atomic E-state index is 10.8. The number of likely N-dealkylation sites (tertiary alicyclic amines) is 1. The summed E-state index contributed by atoms with van der Waals surface area (Å²) in [6, 6.07) is -1.06. The number of carboxylic acid groups (broad SMARTS) is 2. The molecule has 1 rings (SSSR count). The Morgan fingerprint density at radius 3 is 2.62 bits per heavy atom. The van der Waals surface area contributed by atoms with Crippen LogP contribution in [-0.2, 0) is 9.53 Å². The molecule has 1 heterocycles. The molecular weight excluding hydrogens is 216 g/mol. The van der Waals surface area contributed by atoms with Gasteiger partial charge in [0.25, 0.3) is 0 Å². The third kappa shape index (κ3) is 3.07. The Morgan fingerprint density at radius 2 is 2.19 bits per heavy atom. The summed E-state index contributed by atoms with van der Waals surface area (Å²) in [4.78, 5) is 22.6. The van der Waals surface area contributed by atoms with Crippen LogP contribution in [-0.4, -0.2) is 66.1 Å². The van der Waals surface area contributed by atoms with Gasteiger partial charge in [0, 0.05) is 26.2 Å². The van der Waals surface area contributed by atoms with E-state index >= 15 is 0 Å². The first kappa shape index (κ1) is 12.7. The Morgan fingerprint density at radius 1 is 1.50 bits per heavy atom. The first-order valence-electron chi connectivity index (χ1n) is 5.01. The molecule has 1 aliphatic rings. The van der Waals surface area contributed by atoms with Gasteiger partial charge in [0.15, 0.2) is 0 Å². The Hall–Kier alpha value is -1.34. The second-order valence-electron chi connectivity index (χ2n) is 3.67. The maximum Gasteiger partial charge on any atom is 0.408 e. The van der Waals surface area contributed by atoms with Gasteiger partial charge in [-0.15, -0.1) is 0 Å². The predicted octanol–water partition coefficient (Wildman–Crippen LogP) is -0.572. The molecule has 7 nitrogen and oxygen atoms in total. The molecule has 0 aromatic rings. The standard InChI is InChI=1S/C9H16N2O5/c1-16-3-2-10-6-4-7(8(12)13)11(5-6)9(14)15/h6-7,10H,2-5H2,1H3,(H,12,13)(H,14,15)/t6-,7-/m0/s1. The average molecular weight is 232 g/mol. The zero-order chi connectivity index (χ0) is 12.1. The summed E-state index contributed by atoms with van der Waals surface area (Å²) < 4.78 is 4.84. The van der Waals surface area contributed by atoms with Gasteiger partial charge in [0.05, 0.1) is 6.61 Å². The van der Waals surface area contributed by atoms with E-state index < -0.39 is 18.1 Å². The molecule has 0 saturated carbocycles. The van der Waals surface area contributed by atoms with Crippen LogP contribution in [0.25, 0.3) is 0 Å². The van der Waals surface area contributed by atoms with Crippen LogP contribution in [0.5, 0.6) is 0 Å². The minimum Gasteiger partial charge on any atom is -0.480 e. The van der Waals surface area contributed by atoms with E-state index in [2.05, 4.69) is 5.32 Å². The van der Waals surface area contributed by atoms with E-state index in [-0.39, 0.29) is 12.6 Å². The number of hydrogen-bond donors (Lipinski definition) is 3. The first-order valence-corrected chi connectivity index (χ1v) is 5.01. The van der Waals surface area contributed by atoms with Crippen LogP contribution in [0, 0.1) is 0 Å². The van der Waals surface area contributed by atoms with Crippen molar-refractivity contribution in [3.8, 4) is 0 Å². The van der Waals surface area contributed by atoms with Crippen molar-refractivity contribution in [1.82, 2.24) is 10.2 Å². The van der Waals surface area contributed by atoms with Gasteiger partial charge >= 0.3 is 12.1 Å². The number of ether oxygens (including phenoxy) is 1. The molecule has 0 spiro atoms. The minimum atomic E-state index is -1.19. The molecule has 0 aliphatic carbocycles. The van der Waals surface area contributed by atoms with Gasteiger partial charge in [0.2, 0.25) is 0 Å². The molecule has 2 atom stereocenters. The second kappa shape index (κ2) is 5.66. The van der Waals surface area contributed by atoms with Crippen molar-refractivity contribution in [2.75, 3.05) is 26.8 Å². The highest BCUT2D eigenvalue weighted by Crippen LogP contribution is 2.18. The van der Waals surface area contributed by atoms with E-state index in [1.165, 1.54) is 0 Å². The molecule has 1 fully saturated rings. The summed E-state index contributed by atoms with van der Waals surface area (Å²) in [7, 11) is 1.57. The minimum absolute atomic E-state index is 0.118. The largest absolute Gasteiger partial charge is 0.480 e. The van der Waals surface area contributed by atoms with Crippen molar-refractivity contribution in [3.05, 3.63) is 0 Å². The number of nitrogens with zero attached hydrogens (tertiary/aromatic N) is 1. The number of amides is 1. The van der Waals surface area contributed by atoms with Gasteiger partial charge in [-0.2, -0.15) is 0 Å². The molecule has 0 aromatic carbocycles. The molecule has 92 valence electrons. The highest BCUT2D eigenvalue weighted by atomic mass is 16.5. The molecule has 1 aliphatic heterocycles. The number of methoxy groups -OCH3 is 1. The zero-order valence-corrected chi connectivity index (χ0v) is 9.05. The van der Waals surface area contributed by atoms with E-state index in [1.54, 1.807) is 7.11 Å². The molecule has 7 heteroatoms. The van der Waals surface area contributed by atoms with Crippen LogP contribution in [0.1, 0.15) is 6.42 Å². The van der Waals surface area contributed by atoms with Crippen LogP contribution in [0.3, 0.4) is 0 Å². The number of carbonyl (C=O) groups is 2. The molecule has 16 heavy (non-hydrogen) atoms. The van der Waals surface area contributed by atoms with Crippen molar-refractivity contribution in [2.45, 2.75) is 18.5 Å². The summed E-state index contributed by atoms with van der Waals surface area (Å²) in [6.45, 7) is 1.30. The van der Waals surface area contributed by atoms with Crippen LogP contribution in [0.4, 0.5) is 4.79 Å². The maximum atomic E-state index is 10.8.